The van der Waals surface area contributed by atoms with Gasteiger partial charge in [-0.05, 0) is 42.0 Å². The third kappa shape index (κ3) is 2.98. The van der Waals surface area contributed by atoms with Gasteiger partial charge in [-0.15, -0.1) is 0 Å². The third-order valence-corrected chi connectivity index (χ3v) is 2.95. The highest BCUT2D eigenvalue weighted by atomic mass is 19.1. The highest BCUT2D eigenvalue weighted by molar-refractivity contribution is 5.71. The Morgan fingerprint density at radius 2 is 1.95 bits per heavy atom. The van der Waals surface area contributed by atoms with Crippen molar-refractivity contribution in [2.24, 2.45) is 0 Å². The number of pyridine rings is 1. The number of esters is 1. The number of hydrogen-bond acceptors (Lipinski definition) is 4. The molecule has 1 heterocycles. The molecule has 1 aromatic heterocycles. The molecule has 0 fully saturated rings. The summed E-state index contributed by atoms with van der Waals surface area (Å²) in [7, 11) is 1.21. The first kappa shape index (κ1) is 14.5. The van der Waals surface area contributed by atoms with Crippen LogP contribution in [0, 0.1) is 17.1 Å². The number of methoxy groups -OCH3 is 1. The molecule has 0 N–H and O–H groups in total. The molecule has 0 amide bonds. The second kappa shape index (κ2) is 6.01. The Kier molecular flexibility index (Phi) is 4.14. The third-order valence-electron chi connectivity index (χ3n) is 2.95. The van der Waals surface area contributed by atoms with E-state index in [9.17, 15) is 14.0 Å². The fourth-order valence-electron chi connectivity index (χ4n) is 1.89. The van der Waals surface area contributed by atoms with E-state index in [1.165, 1.54) is 43.5 Å². The van der Waals surface area contributed by atoms with Gasteiger partial charge in [0.2, 0.25) is 0 Å². The summed E-state index contributed by atoms with van der Waals surface area (Å²) in [5, 5.41) is 8.90. The fraction of sp³-hybridized carbons (Fsp3) is 0.133. The summed E-state index contributed by atoms with van der Waals surface area (Å²) in [6.45, 7) is -0.322. The van der Waals surface area contributed by atoms with Crippen LogP contribution in [0.4, 0.5) is 4.39 Å². The van der Waals surface area contributed by atoms with E-state index >= 15 is 0 Å². The molecule has 0 radical (unpaired) electrons. The molecule has 0 aliphatic carbocycles. The number of ether oxygens (including phenoxy) is 1. The molecule has 0 spiro atoms. The normalized spacial score (nSPS) is 9.95. The van der Waals surface area contributed by atoms with Gasteiger partial charge in [0, 0.05) is 0 Å². The van der Waals surface area contributed by atoms with E-state index in [2.05, 4.69) is 4.74 Å². The summed E-state index contributed by atoms with van der Waals surface area (Å²) in [5.41, 5.74) is 0.292. The van der Waals surface area contributed by atoms with Crippen LogP contribution < -0.4 is 5.56 Å². The van der Waals surface area contributed by atoms with Gasteiger partial charge in [0.05, 0.1) is 12.8 Å². The average Bonchev–Trinajstić information content (AvgIpc) is 2.50. The molecule has 21 heavy (non-hydrogen) atoms. The predicted octanol–water partition coefficient (Wildman–Crippen LogP) is 1.70. The Hall–Kier alpha value is -2.94. The van der Waals surface area contributed by atoms with Crippen LogP contribution in [0.2, 0.25) is 0 Å². The van der Waals surface area contributed by atoms with Crippen molar-refractivity contribution < 1.29 is 13.9 Å². The van der Waals surface area contributed by atoms with E-state index in [0.29, 0.717) is 11.3 Å². The van der Waals surface area contributed by atoms with Crippen molar-refractivity contribution in [2.75, 3.05) is 7.11 Å². The summed E-state index contributed by atoms with van der Waals surface area (Å²) >= 11 is 0. The fourth-order valence-corrected chi connectivity index (χ4v) is 1.89. The van der Waals surface area contributed by atoms with Gasteiger partial charge in [-0.25, -0.2) is 4.39 Å². The number of benzene rings is 1. The van der Waals surface area contributed by atoms with Crippen LogP contribution in [0.25, 0.3) is 11.3 Å². The van der Waals surface area contributed by atoms with Crippen molar-refractivity contribution in [3.05, 3.63) is 58.1 Å². The van der Waals surface area contributed by atoms with E-state index in [4.69, 9.17) is 5.26 Å². The molecular formula is C15H11FN2O3. The van der Waals surface area contributed by atoms with E-state index in [1.54, 1.807) is 6.07 Å². The molecule has 2 aromatic rings. The number of carbonyl (C=O) groups excluding carboxylic acids is 1. The van der Waals surface area contributed by atoms with Gasteiger partial charge >= 0.3 is 5.97 Å². The number of aromatic nitrogens is 1. The quantitative estimate of drug-likeness (QED) is 0.805. The van der Waals surface area contributed by atoms with Crippen LogP contribution in [-0.2, 0) is 16.1 Å². The summed E-state index contributed by atoms with van der Waals surface area (Å²) in [4.78, 5) is 23.6. The second-order valence-electron chi connectivity index (χ2n) is 4.22. The predicted molar refractivity (Wildman–Crippen MR) is 72.8 cm³/mol. The molecule has 0 saturated carbocycles. The Labute approximate surface area is 119 Å². The standard InChI is InChI=1S/C15H11FN2O3/c1-21-14(19)9-18-13(7-4-11(8-17)15(18)20)10-2-5-12(16)6-3-10/h2-7H,9H2,1H3. The SMILES string of the molecule is COC(=O)Cn1c(-c2ccc(F)cc2)ccc(C#N)c1=O. The molecule has 0 unspecified atom stereocenters. The van der Waals surface area contributed by atoms with Crippen molar-refractivity contribution in [2.45, 2.75) is 6.54 Å². The number of halogens is 1. The average molecular weight is 286 g/mol. The molecule has 0 atom stereocenters. The minimum Gasteiger partial charge on any atom is -0.468 e. The smallest absolute Gasteiger partial charge is 0.325 e. The molecule has 0 aliphatic rings. The van der Waals surface area contributed by atoms with Crippen LogP contribution in [0.1, 0.15) is 5.56 Å². The lowest BCUT2D eigenvalue weighted by Gasteiger charge is -2.12. The van der Waals surface area contributed by atoms with Crippen LogP contribution in [-0.4, -0.2) is 17.6 Å². The Morgan fingerprint density at radius 1 is 1.29 bits per heavy atom. The molecule has 6 heteroatoms. The maximum absolute atomic E-state index is 13.0. The summed E-state index contributed by atoms with van der Waals surface area (Å²) in [6, 6.07) is 10.2. The van der Waals surface area contributed by atoms with E-state index in [-0.39, 0.29) is 12.1 Å². The largest absolute Gasteiger partial charge is 0.468 e. The lowest BCUT2D eigenvalue weighted by atomic mass is 10.1. The van der Waals surface area contributed by atoms with E-state index in [1.807, 2.05) is 0 Å². The van der Waals surface area contributed by atoms with Gasteiger partial charge in [0.15, 0.2) is 0 Å². The molecule has 5 nitrogen and oxygen atoms in total. The van der Waals surface area contributed by atoms with Gasteiger partial charge in [-0.3, -0.25) is 14.2 Å². The number of hydrogen-bond donors (Lipinski definition) is 0. The summed E-state index contributed by atoms with van der Waals surface area (Å²) < 4.78 is 18.7. The zero-order chi connectivity index (χ0) is 15.4. The minimum atomic E-state index is -0.615. The molecule has 106 valence electrons. The molecule has 0 aliphatic heterocycles. The first-order chi connectivity index (χ1) is 10.1. The number of rotatable bonds is 3. The minimum absolute atomic E-state index is 0.0789. The van der Waals surface area contributed by atoms with Crippen molar-refractivity contribution in [1.29, 1.82) is 5.26 Å². The first-order valence-corrected chi connectivity index (χ1v) is 6.03. The van der Waals surface area contributed by atoms with E-state index in [0.717, 1.165) is 4.57 Å². The van der Waals surface area contributed by atoms with Crippen molar-refractivity contribution in [1.82, 2.24) is 4.57 Å². The van der Waals surface area contributed by atoms with Gasteiger partial charge in [-0.1, -0.05) is 0 Å². The lowest BCUT2D eigenvalue weighted by Crippen LogP contribution is -2.28. The molecular weight excluding hydrogens is 275 g/mol. The van der Waals surface area contributed by atoms with Crippen molar-refractivity contribution in [3.63, 3.8) is 0 Å². The Bertz CT molecular complexity index is 773. The highest BCUT2D eigenvalue weighted by Gasteiger charge is 2.13. The van der Waals surface area contributed by atoms with E-state index < -0.39 is 17.3 Å². The lowest BCUT2D eigenvalue weighted by molar-refractivity contribution is -0.141. The summed E-state index contributed by atoms with van der Waals surface area (Å²) in [5.74, 6) is -1.02. The zero-order valence-electron chi connectivity index (χ0n) is 11.2. The monoisotopic (exact) mass is 286 g/mol. The van der Waals surface area contributed by atoms with Gasteiger partial charge in [-0.2, -0.15) is 5.26 Å². The van der Waals surface area contributed by atoms with Gasteiger partial charge in [0.25, 0.3) is 5.56 Å². The van der Waals surface area contributed by atoms with Crippen molar-refractivity contribution in [3.8, 4) is 17.3 Å². The van der Waals surface area contributed by atoms with Crippen LogP contribution in [0.15, 0.2) is 41.2 Å². The van der Waals surface area contributed by atoms with Crippen molar-refractivity contribution >= 4 is 5.97 Å². The van der Waals surface area contributed by atoms with Gasteiger partial charge < -0.3 is 4.74 Å². The maximum atomic E-state index is 13.0. The molecule has 1 aromatic carbocycles. The van der Waals surface area contributed by atoms with Crippen LogP contribution >= 0.6 is 0 Å². The molecule has 0 bridgehead atoms. The highest BCUT2D eigenvalue weighted by Crippen LogP contribution is 2.19. The Morgan fingerprint density at radius 3 is 2.52 bits per heavy atom. The maximum Gasteiger partial charge on any atom is 0.325 e. The zero-order valence-corrected chi connectivity index (χ0v) is 11.2. The van der Waals surface area contributed by atoms with Gasteiger partial charge in [0.1, 0.15) is 24.0 Å². The van der Waals surface area contributed by atoms with Crippen LogP contribution in [0.5, 0.6) is 0 Å². The second-order valence-corrected chi connectivity index (χ2v) is 4.22. The first-order valence-electron chi connectivity index (χ1n) is 6.03. The Balaban J connectivity index is 2.62. The topological polar surface area (TPSA) is 72.1 Å². The number of carbonyl (C=O) groups is 1. The number of nitrogens with zero attached hydrogens (tertiary/aromatic N) is 2. The molecule has 0 saturated heterocycles. The molecule has 2 rings (SSSR count). The van der Waals surface area contributed by atoms with Crippen LogP contribution in [0.3, 0.4) is 0 Å². The summed E-state index contributed by atoms with van der Waals surface area (Å²) in [6.07, 6.45) is 0. The number of nitriles is 1.